The van der Waals surface area contributed by atoms with E-state index in [9.17, 15) is 18.8 Å². The molecule has 0 bridgehead atoms. The van der Waals surface area contributed by atoms with Crippen molar-refractivity contribution < 1.29 is 28.6 Å². The molecule has 1 saturated heterocycles. The van der Waals surface area contributed by atoms with Gasteiger partial charge in [0.25, 0.3) is 11.1 Å². The third-order valence-electron chi connectivity index (χ3n) is 3.67. The highest BCUT2D eigenvalue weighted by Crippen LogP contribution is 2.37. The number of carboxylic acids is 1. The summed E-state index contributed by atoms with van der Waals surface area (Å²) < 4.78 is 19.4. The van der Waals surface area contributed by atoms with E-state index in [4.69, 9.17) is 9.84 Å². The topological polar surface area (TPSA) is 83.9 Å². The summed E-state index contributed by atoms with van der Waals surface area (Å²) in [5.74, 6) is -1.90. The molecular formula is C19H14FNO5S. The van der Waals surface area contributed by atoms with Crippen LogP contribution in [0.4, 0.5) is 14.9 Å². The molecule has 1 fully saturated rings. The fourth-order valence-corrected chi connectivity index (χ4v) is 3.25. The quantitative estimate of drug-likeness (QED) is 0.757. The molecule has 0 unspecified atom stereocenters. The molecule has 0 saturated carbocycles. The largest absolute Gasteiger partial charge is 0.492 e. The number of carbonyl (C=O) groups excluding carboxylic acids is 2. The molecule has 1 heterocycles. The van der Waals surface area contributed by atoms with Gasteiger partial charge in [-0.3, -0.25) is 14.4 Å². The Morgan fingerprint density at radius 2 is 1.85 bits per heavy atom. The normalized spacial score (nSPS) is 15.4. The number of anilines is 1. The Labute approximate surface area is 158 Å². The maximum absolute atomic E-state index is 14.0. The zero-order valence-electron chi connectivity index (χ0n) is 13.9. The first-order valence-electron chi connectivity index (χ1n) is 7.93. The van der Waals surface area contributed by atoms with Crippen LogP contribution in [0, 0.1) is 5.82 Å². The smallest absolute Gasteiger partial charge is 0.306 e. The van der Waals surface area contributed by atoms with Gasteiger partial charge in [0.2, 0.25) is 0 Å². The summed E-state index contributed by atoms with van der Waals surface area (Å²) in [4.78, 5) is 36.4. The number of aliphatic carboxylic acids is 1. The van der Waals surface area contributed by atoms with Crippen molar-refractivity contribution >= 4 is 40.6 Å². The van der Waals surface area contributed by atoms with Gasteiger partial charge in [0, 0.05) is 5.56 Å². The molecule has 1 aliphatic rings. The zero-order valence-corrected chi connectivity index (χ0v) is 14.7. The van der Waals surface area contributed by atoms with Gasteiger partial charge in [-0.15, -0.1) is 0 Å². The summed E-state index contributed by atoms with van der Waals surface area (Å²) in [7, 11) is 0. The molecule has 138 valence electrons. The number of carboxylic acid groups (broad SMARTS) is 1. The summed E-state index contributed by atoms with van der Waals surface area (Å²) in [6.45, 7) is -0.0309. The molecule has 6 nitrogen and oxygen atoms in total. The average Bonchev–Trinajstić information content (AvgIpc) is 2.90. The van der Waals surface area contributed by atoms with Crippen LogP contribution in [0.3, 0.4) is 0 Å². The fourth-order valence-electron chi connectivity index (χ4n) is 2.43. The van der Waals surface area contributed by atoms with Crippen molar-refractivity contribution in [3.8, 4) is 5.75 Å². The van der Waals surface area contributed by atoms with Gasteiger partial charge >= 0.3 is 5.97 Å². The van der Waals surface area contributed by atoms with Crippen molar-refractivity contribution in [2.75, 3.05) is 11.5 Å². The second-order valence-corrected chi connectivity index (χ2v) is 6.49. The highest BCUT2D eigenvalue weighted by molar-refractivity contribution is 8.19. The fraction of sp³-hybridized carbons (Fsp3) is 0.105. The molecule has 0 radical (unpaired) electrons. The van der Waals surface area contributed by atoms with Gasteiger partial charge in [-0.1, -0.05) is 30.3 Å². The predicted molar refractivity (Wildman–Crippen MR) is 99.0 cm³/mol. The van der Waals surface area contributed by atoms with Crippen LogP contribution in [-0.4, -0.2) is 28.8 Å². The van der Waals surface area contributed by atoms with Crippen molar-refractivity contribution in [1.82, 2.24) is 0 Å². The van der Waals surface area contributed by atoms with Crippen molar-refractivity contribution in [2.45, 2.75) is 6.42 Å². The number of ether oxygens (including phenoxy) is 1. The average molecular weight is 387 g/mol. The Kier molecular flexibility index (Phi) is 5.56. The Bertz CT molecular complexity index is 943. The van der Waals surface area contributed by atoms with Crippen LogP contribution < -0.4 is 9.64 Å². The number of rotatable bonds is 6. The molecule has 1 aliphatic heterocycles. The van der Waals surface area contributed by atoms with E-state index in [1.807, 2.05) is 0 Å². The van der Waals surface area contributed by atoms with E-state index in [-0.39, 0.29) is 23.6 Å². The molecule has 2 aromatic rings. The summed E-state index contributed by atoms with van der Waals surface area (Å²) in [6.07, 6.45) is 1.31. The Morgan fingerprint density at radius 1 is 1.15 bits per heavy atom. The highest BCUT2D eigenvalue weighted by atomic mass is 32.2. The first-order valence-corrected chi connectivity index (χ1v) is 8.75. The number of halogens is 1. The Balaban J connectivity index is 1.86. The monoisotopic (exact) mass is 387 g/mol. The number of hydrogen-bond acceptors (Lipinski definition) is 5. The van der Waals surface area contributed by atoms with Gasteiger partial charge in [0.1, 0.15) is 11.6 Å². The van der Waals surface area contributed by atoms with Gasteiger partial charge < -0.3 is 9.84 Å². The lowest BCUT2D eigenvalue weighted by molar-refractivity contribution is -0.137. The highest BCUT2D eigenvalue weighted by Gasteiger charge is 2.37. The van der Waals surface area contributed by atoms with Crippen molar-refractivity contribution in [2.24, 2.45) is 0 Å². The number of hydrogen-bond donors (Lipinski definition) is 1. The zero-order chi connectivity index (χ0) is 19.4. The van der Waals surface area contributed by atoms with E-state index in [2.05, 4.69) is 0 Å². The molecule has 2 aromatic carbocycles. The number of imide groups is 1. The second kappa shape index (κ2) is 8.05. The van der Waals surface area contributed by atoms with Gasteiger partial charge in [-0.05, 0) is 36.0 Å². The third-order valence-corrected chi connectivity index (χ3v) is 4.54. The summed E-state index contributed by atoms with van der Waals surface area (Å²) in [5, 5.41) is 8.10. The minimum Gasteiger partial charge on any atom is -0.492 e. The summed E-state index contributed by atoms with van der Waals surface area (Å²) >= 11 is 0.700. The SMILES string of the molecule is O=C(O)CCOc1ccccc1/C=C1/SC(=O)N(c2ccccc2F)C1=O. The molecule has 2 amide bonds. The van der Waals surface area contributed by atoms with Gasteiger partial charge in [-0.2, -0.15) is 0 Å². The minimum absolute atomic E-state index is 0.0309. The number of amides is 2. The van der Waals surface area contributed by atoms with Crippen LogP contribution in [0.2, 0.25) is 0 Å². The van der Waals surface area contributed by atoms with E-state index < -0.39 is 22.9 Å². The van der Waals surface area contributed by atoms with Crippen molar-refractivity contribution in [3.63, 3.8) is 0 Å². The molecule has 27 heavy (non-hydrogen) atoms. The van der Waals surface area contributed by atoms with E-state index in [1.165, 1.54) is 30.3 Å². The molecule has 3 rings (SSSR count). The van der Waals surface area contributed by atoms with Crippen molar-refractivity contribution in [1.29, 1.82) is 0 Å². The molecule has 0 aromatic heterocycles. The maximum Gasteiger partial charge on any atom is 0.306 e. The third kappa shape index (κ3) is 4.17. The first kappa shape index (κ1) is 18.7. The number of thioether (sulfide) groups is 1. The molecule has 0 atom stereocenters. The minimum atomic E-state index is -0.988. The predicted octanol–water partition coefficient (Wildman–Crippen LogP) is 3.92. The lowest BCUT2D eigenvalue weighted by atomic mass is 10.2. The molecule has 0 aliphatic carbocycles. The van der Waals surface area contributed by atoms with Crippen molar-refractivity contribution in [3.05, 3.63) is 64.8 Å². The van der Waals surface area contributed by atoms with Gasteiger partial charge in [-0.25, -0.2) is 9.29 Å². The van der Waals surface area contributed by atoms with Crippen LogP contribution >= 0.6 is 11.8 Å². The lowest BCUT2D eigenvalue weighted by Crippen LogP contribution is -2.28. The molecule has 1 N–H and O–H groups in total. The van der Waals surface area contributed by atoms with Gasteiger partial charge in [0.15, 0.2) is 0 Å². The standard InChI is InChI=1S/C19H14FNO5S/c20-13-6-2-3-7-14(13)21-18(24)16(27-19(21)25)11-12-5-1-4-8-15(12)26-10-9-17(22)23/h1-8,11H,9-10H2,(H,22,23)/b16-11+. The van der Waals surface area contributed by atoms with E-state index in [0.717, 1.165) is 4.90 Å². The van der Waals surface area contributed by atoms with E-state index >= 15 is 0 Å². The summed E-state index contributed by atoms with van der Waals surface area (Å²) in [5.41, 5.74) is 0.413. The Hall–Kier alpha value is -3.13. The van der Waals surface area contributed by atoms with Crippen LogP contribution in [-0.2, 0) is 9.59 Å². The lowest BCUT2D eigenvalue weighted by Gasteiger charge is -2.13. The van der Waals surface area contributed by atoms with E-state index in [1.54, 1.807) is 24.3 Å². The van der Waals surface area contributed by atoms with Gasteiger partial charge in [0.05, 0.1) is 23.6 Å². The molecular weight excluding hydrogens is 373 g/mol. The first-order chi connectivity index (χ1) is 13.0. The van der Waals surface area contributed by atoms with Crippen LogP contribution in [0.15, 0.2) is 53.4 Å². The molecule has 8 heteroatoms. The Morgan fingerprint density at radius 3 is 2.59 bits per heavy atom. The maximum atomic E-state index is 14.0. The number of nitrogens with zero attached hydrogens (tertiary/aromatic N) is 1. The molecule has 0 spiro atoms. The summed E-state index contributed by atoms with van der Waals surface area (Å²) in [6, 6.07) is 12.3. The number of benzene rings is 2. The van der Waals surface area contributed by atoms with Crippen LogP contribution in [0.25, 0.3) is 6.08 Å². The van der Waals surface area contributed by atoms with Crippen LogP contribution in [0.5, 0.6) is 5.75 Å². The van der Waals surface area contributed by atoms with E-state index in [0.29, 0.717) is 23.1 Å². The number of para-hydroxylation sites is 2. The second-order valence-electron chi connectivity index (χ2n) is 5.50. The number of carbonyl (C=O) groups is 3. The van der Waals surface area contributed by atoms with Crippen LogP contribution in [0.1, 0.15) is 12.0 Å².